The Morgan fingerprint density at radius 1 is 1.05 bits per heavy atom. The highest BCUT2D eigenvalue weighted by Crippen LogP contribution is 2.17. The number of hydrogen-bond donors (Lipinski definition) is 2. The number of nitrogens with one attached hydrogen (secondary N) is 2. The van der Waals surface area contributed by atoms with E-state index in [1.165, 1.54) is 4.90 Å². The van der Waals surface area contributed by atoms with Gasteiger partial charge in [0, 0.05) is 18.4 Å². The van der Waals surface area contributed by atoms with Gasteiger partial charge in [-0.15, -0.1) is 0 Å². The third-order valence-corrected chi connectivity index (χ3v) is 3.37. The van der Waals surface area contributed by atoms with E-state index in [4.69, 9.17) is 0 Å². The van der Waals surface area contributed by atoms with E-state index in [-0.39, 0.29) is 11.9 Å². The minimum Gasteiger partial charge on any atom is -0.362 e. The maximum Gasteiger partial charge on any atom is 0.329 e. The maximum atomic E-state index is 11.9. The van der Waals surface area contributed by atoms with Crippen molar-refractivity contribution in [3.8, 4) is 0 Å². The fraction of sp³-hybridized carbons (Fsp3) is 0.125. The van der Waals surface area contributed by atoms with Gasteiger partial charge in [-0.2, -0.15) is 0 Å². The van der Waals surface area contributed by atoms with Gasteiger partial charge in [-0.1, -0.05) is 30.3 Å². The lowest BCUT2D eigenvalue weighted by Gasteiger charge is -2.15. The van der Waals surface area contributed by atoms with Gasteiger partial charge in [0.15, 0.2) is 0 Å². The van der Waals surface area contributed by atoms with Crippen LogP contribution < -0.4 is 5.32 Å². The lowest BCUT2D eigenvalue weighted by molar-refractivity contribution is -0.116. The highest BCUT2D eigenvalue weighted by molar-refractivity contribution is 6.13. The maximum absolute atomic E-state index is 11.9. The predicted molar refractivity (Wildman–Crippen MR) is 79.2 cm³/mol. The molecule has 5 nitrogen and oxygen atoms in total. The zero-order valence-electron chi connectivity index (χ0n) is 11.4. The van der Waals surface area contributed by atoms with E-state index in [2.05, 4.69) is 10.3 Å². The summed E-state index contributed by atoms with van der Waals surface area (Å²) >= 11 is 0. The molecule has 1 aromatic heterocycles. The predicted octanol–water partition coefficient (Wildman–Crippen LogP) is 2.15. The number of nitrogens with zero attached hydrogens (tertiary/aromatic N) is 1. The van der Waals surface area contributed by atoms with E-state index in [0.29, 0.717) is 18.7 Å². The molecule has 2 aromatic rings. The molecule has 0 unspecified atom stereocenters. The lowest BCUT2D eigenvalue weighted by atomic mass is 10.1. The summed E-state index contributed by atoms with van der Waals surface area (Å²) in [5, 5.41) is 2.33. The van der Waals surface area contributed by atoms with Gasteiger partial charge in [0.05, 0.1) is 0 Å². The van der Waals surface area contributed by atoms with Crippen molar-refractivity contribution < 1.29 is 9.59 Å². The molecule has 21 heavy (non-hydrogen) atoms. The summed E-state index contributed by atoms with van der Waals surface area (Å²) in [6, 6.07) is 13.2. The van der Waals surface area contributed by atoms with Crippen LogP contribution in [0.1, 0.15) is 11.3 Å². The first-order valence-electron chi connectivity index (χ1n) is 6.76. The Balaban J connectivity index is 1.78. The summed E-state index contributed by atoms with van der Waals surface area (Å²) in [5.74, 6) is -0.359. The summed E-state index contributed by atoms with van der Waals surface area (Å²) in [4.78, 5) is 28.2. The zero-order valence-corrected chi connectivity index (χ0v) is 11.4. The molecule has 106 valence electrons. The van der Waals surface area contributed by atoms with Crippen LogP contribution in [0.4, 0.5) is 4.79 Å². The number of urea groups is 1. The number of imide groups is 1. The van der Waals surface area contributed by atoms with E-state index >= 15 is 0 Å². The van der Waals surface area contributed by atoms with E-state index in [1.807, 2.05) is 42.5 Å². The van der Waals surface area contributed by atoms with Gasteiger partial charge >= 0.3 is 6.03 Å². The van der Waals surface area contributed by atoms with Gasteiger partial charge in [0.1, 0.15) is 5.70 Å². The third kappa shape index (κ3) is 2.86. The monoisotopic (exact) mass is 281 g/mol. The van der Waals surface area contributed by atoms with Crippen LogP contribution in [-0.4, -0.2) is 28.4 Å². The summed E-state index contributed by atoms with van der Waals surface area (Å²) < 4.78 is 0. The minimum atomic E-state index is -0.367. The van der Waals surface area contributed by atoms with Gasteiger partial charge in [-0.05, 0) is 30.2 Å². The van der Waals surface area contributed by atoms with E-state index < -0.39 is 0 Å². The highest BCUT2D eigenvalue weighted by Gasteiger charge is 2.32. The Labute approximate surface area is 122 Å². The Kier molecular flexibility index (Phi) is 3.55. The van der Waals surface area contributed by atoms with Gasteiger partial charge in [0.25, 0.3) is 5.91 Å². The van der Waals surface area contributed by atoms with Crippen molar-refractivity contribution >= 4 is 18.0 Å². The summed E-state index contributed by atoms with van der Waals surface area (Å²) in [7, 11) is 0. The third-order valence-electron chi connectivity index (χ3n) is 3.37. The van der Waals surface area contributed by atoms with Gasteiger partial charge < -0.3 is 4.98 Å². The standard InChI is InChI=1S/C16H15N3O2/c20-15-14(11-13-7-4-9-17-13)19(16(21)18-15)10-8-12-5-2-1-3-6-12/h1-7,9,11,17H,8,10H2,(H,18,20,21)/b14-11+. The second kappa shape index (κ2) is 5.66. The van der Waals surface area contributed by atoms with Crippen LogP contribution in [0.2, 0.25) is 0 Å². The Morgan fingerprint density at radius 3 is 2.57 bits per heavy atom. The second-order valence-corrected chi connectivity index (χ2v) is 4.80. The van der Waals surface area contributed by atoms with E-state index in [1.54, 1.807) is 12.3 Å². The quantitative estimate of drug-likeness (QED) is 0.666. The van der Waals surface area contributed by atoms with Crippen LogP contribution in [0.5, 0.6) is 0 Å². The Hall–Kier alpha value is -2.82. The molecule has 0 saturated carbocycles. The van der Waals surface area contributed by atoms with Crippen LogP contribution in [0.3, 0.4) is 0 Å². The van der Waals surface area contributed by atoms with Crippen molar-refractivity contribution in [3.63, 3.8) is 0 Å². The molecule has 1 aromatic carbocycles. The van der Waals surface area contributed by atoms with Crippen molar-refractivity contribution in [2.75, 3.05) is 6.54 Å². The van der Waals surface area contributed by atoms with Crippen molar-refractivity contribution in [3.05, 3.63) is 65.6 Å². The minimum absolute atomic E-state index is 0.359. The molecule has 3 rings (SSSR count). The number of aromatic nitrogens is 1. The van der Waals surface area contributed by atoms with Crippen molar-refractivity contribution in [2.45, 2.75) is 6.42 Å². The molecule has 1 saturated heterocycles. The normalized spacial score (nSPS) is 16.6. The molecule has 1 fully saturated rings. The molecule has 0 aliphatic carbocycles. The van der Waals surface area contributed by atoms with Crippen molar-refractivity contribution in [1.29, 1.82) is 0 Å². The zero-order chi connectivity index (χ0) is 14.7. The number of rotatable bonds is 4. The van der Waals surface area contributed by atoms with Crippen molar-refractivity contribution in [2.24, 2.45) is 0 Å². The van der Waals surface area contributed by atoms with Crippen molar-refractivity contribution in [1.82, 2.24) is 15.2 Å². The fourth-order valence-corrected chi connectivity index (χ4v) is 2.29. The van der Waals surface area contributed by atoms with Gasteiger partial charge in [-0.3, -0.25) is 15.0 Å². The Bertz CT molecular complexity index is 675. The number of hydrogen-bond acceptors (Lipinski definition) is 2. The van der Waals surface area contributed by atoms with E-state index in [9.17, 15) is 9.59 Å². The fourth-order valence-electron chi connectivity index (χ4n) is 2.29. The molecule has 1 aliphatic rings. The van der Waals surface area contributed by atoms with Gasteiger partial charge in [-0.25, -0.2) is 4.79 Å². The van der Waals surface area contributed by atoms with Crippen LogP contribution in [0.15, 0.2) is 54.4 Å². The van der Waals surface area contributed by atoms with Crippen LogP contribution in [0.25, 0.3) is 6.08 Å². The molecule has 0 atom stereocenters. The molecule has 3 amide bonds. The Morgan fingerprint density at radius 2 is 1.86 bits per heavy atom. The first-order valence-corrected chi connectivity index (χ1v) is 6.76. The number of H-pyrrole nitrogens is 1. The molecular weight excluding hydrogens is 266 g/mol. The van der Waals surface area contributed by atoms with Crippen LogP contribution in [0, 0.1) is 0 Å². The highest BCUT2D eigenvalue weighted by atomic mass is 16.2. The first kappa shape index (κ1) is 13.2. The number of amides is 3. The largest absolute Gasteiger partial charge is 0.362 e. The van der Waals surface area contributed by atoms with Gasteiger partial charge in [0.2, 0.25) is 0 Å². The number of aromatic amines is 1. The lowest BCUT2D eigenvalue weighted by Crippen LogP contribution is -2.29. The molecule has 1 aliphatic heterocycles. The van der Waals surface area contributed by atoms with E-state index in [0.717, 1.165) is 11.3 Å². The second-order valence-electron chi connectivity index (χ2n) is 4.80. The molecular formula is C16H15N3O2. The smallest absolute Gasteiger partial charge is 0.329 e. The van der Waals surface area contributed by atoms with Crippen LogP contribution >= 0.6 is 0 Å². The number of benzene rings is 1. The average Bonchev–Trinajstić information content (AvgIpc) is 3.08. The molecule has 2 N–H and O–H groups in total. The molecule has 0 spiro atoms. The molecule has 0 bridgehead atoms. The van der Waals surface area contributed by atoms with Crippen LogP contribution in [-0.2, 0) is 11.2 Å². The summed E-state index contributed by atoms with van der Waals surface area (Å²) in [6.07, 6.45) is 4.16. The summed E-state index contributed by atoms with van der Waals surface area (Å²) in [5.41, 5.74) is 2.29. The SMILES string of the molecule is O=C1NC(=O)N(CCc2ccccc2)/C1=C/c1ccc[nH]1. The molecule has 5 heteroatoms. The topological polar surface area (TPSA) is 65.2 Å². The molecule has 2 heterocycles. The first-order chi connectivity index (χ1) is 10.2. The average molecular weight is 281 g/mol. The molecule has 0 radical (unpaired) electrons. The number of carbonyl (C=O) groups is 2. The summed E-state index contributed by atoms with van der Waals surface area (Å²) in [6.45, 7) is 0.466. The number of carbonyl (C=O) groups excluding carboxylic acids is 2.